The van der Waals surface area contributed by atoms with Crippen molar-refractivity contribution in [2.45, 2.75) is 6.10 Å². The minimum Gasteiger partial charge on any atom is -0.488 e. The molecular formula is C14H15NO5. The van der Waals surface area contributed by atoms with Gasteiger partial charge in [-0.2, -0.15) is 0 Å². The van der Waals surface area contributed by atoms with Crippen LogP contribution in [0.5, 0.6) is 5.75 Å². The molecule has 1 unspecified atom stereocenters. The second-order valence-electron chi connectivity index (χ2n) is 4.27. The topological polar surface area (TPSA) is 84.9 Å². The van der Waals surface area contributed by atoms with Crippen molar-refractivity contribution in [2.75, 3.05) is 20.3 Å². The van der Waals surface area contributed by atoms with E-state index in [-0.39, 0.29) is 19.1 Å². The van der Waals surface area contributed by atoms with Crippen molar-refractivity contribution in [3.8, 4) is 5.75 Å². The van der Waals surface area contributed by atoms with Crippen LogP contribution in [0.4, 0.5) is 0 Å². The first-order valence-electron chi connectivity index (χ1n) is 6.08. The van der Waals surface area contributed by atoms with Crippen LogP contribution in [-0.4, -0.2) is 43.3 Å². The van der Waals surface area contributed by atoms with E-state index in [1.807, 2.05) is 24.3 Å². The zero-order valence-electron chi connectivity index (χ0n) is 11.0. The number of aliphatic carboxylic acids is 1. The molecule has 1 atom stereocenters. The molecule has 1 amide bonds. The zero-order valence-corrected chi connectivity index (χ0v) is 11.0. The summed E-state index contributed by atoms with van der Waals surface area (Å²) in [5.41, 5.74) is 1.27. The van der Waals surface area contributed by atoms with E-state index in [0.717, 1.165) is 11.3 Å². The first-order valence-corrected chi connectivity index (χ1v) is 6.08. The van der Waals surface area contributed by atoms with Crippen LogP contribution in [0.25, 0.3) is 6.08 Å². The van der Waals surface area contributed by atoms with Gasteiger partial charge in [-0.15, -0.1) is 0 Å². The number of rotatable bonds is 5. The standard InChI is InChI=1S/C14H15NO5/c1-19-12(14(17)18)7-15-13(16)10-6-9-4-2-3-5-11(9)20-8-10/h2-6,12H,7-8H2,1H3,(H,15,16)(H,17,18). The van der Waals surface area contributed by atoms with E-state index in [2.05, 4.69) is 5.32 Å². The molecule has 1 heterocycles. The first-order chi connectivity index (χ1) is 9.61. The van der Waals surface area contributed by atoms with Crippen molar-refractivity contribution >= 4 is 18.0 Å². The fraction of sp³-hybridized carbons (Fsp3) is 0.286. The van der Waals surface area contributed by atoms with E-state index in [0.29, 0.717) is 5.57 Å². The van der Waals surface area contributed by atoms with Crippen LogP contribution in [0, 0.1) is 0 Å². The molecule has 0 saturated carbocycles. The summed E-state index contributed by atoms with van der Waals surface area (Å²) in [6, 6.07) is 7.38. The Hall–Kier alpha value is -2.34. The van der Waals surface area contributed by atoms with Crippen LogP contribution in [0.15, 0.2) is 29.8 Å². The van der Waals surface area contributed by atoms with E-state index in [1.54, 1.807) is 6.08 Å². The maximum Gasteiger partial charge on any atom is 0.334 e. The SMILES string of the molecule is COC(CNC(=O)C1=Cc2ccccc2OC1)C(=O)O. The smallest absolute Gasteiger partial charge is 0.334 e. The Bertz CT molecular complexity index is 552. The summed E-state index contributed by atoms with van der Waals surface area (Å²) >= 11 is 0. The number of hydrogen-bond acceptors (Lipinski definition) is 4. The number of methoxy groups -OCH3 is 1. The summed E-state index contributed by atoms with van der Waals surface area (Å²) in [5, 5.41) is 11.3. The minimum absolute atomic E-state index is 0.0936. The highest BCUT2D eigenvalue weighted by atomic mass is 16.5. The number of carbonyl (C=O) groups is 2. The average molecular weight is 277 g/mol. The van der Waals surface area contributed by atoms with Crippen molar-refractivity contribution in [3.05, 3.63) is 35.4 Å². The molecule has 2 N–H and O–H groups in total. The number of para-hydroxylation sites is 1. The summed E-state index contributed by atoms with van der Waals surface area (Å²) in [5.74, 6) is -0.751. The third-order valence-corrected chi connectivity index (χ3v) is 2.93. The van der Waals surface area contributed by atoms with E-state index in [4.69, 9.17) is 14.6 Å². The summed E-state index contributed by atoms with van der Waals surface area (Å²) < 4.78 is 10.2. The molecule has 6 nitrogen and oxygen atoms in total. The molecule has 0 fully saturated rings. The highest BCUT2D eigenvalue weighted by Gasteiger charge is 2.20. The molecule has 1 aliphatic heterocycles. The average Bonchev–Trinajstić information content (AvgIpc) is 2.46. The van der Waals surface area contributed by atoms with Crippen LogP contribution in [0.2, 0.25) is 0 Å². The number of carboxylic acids is 1. The highest BCUT2D eigenvalue weighted by molar-refractivity contribution is 5.99. The van der Waals surface area contributed by atoms with Crippen LogP contribution >= 0.6 is 0 Å². The van der Waals surface area contributed by atoms with Crippen molar-refractivity contribution < 1.29 is 24.2 Å². The summed E-state index contributed by atoms with van der Waals surface area (Å²) in [6.07, 6.45) is 0.674. The Kier molecular flexibility index (Phi) is 4.37. The molecule has 0 spiro atoms. The van der Waals surface area contributed by atoms with Crippen LogP contribution in [0.3, 0.4) is 0 Å². The van der Waals surface area contributed by atoms with Crippen LogP contribution in [-0.2, 0) is 14.3 Å². The van der Waals surface area contributed by atoms with Gasteiger partial charge in [0.25, 0.3) is 5.91 Å². The van der Waals surface area contributed by atoms with Crippen molar-refractivity contribution in [3.63, 3.8) is 0 Å². The number of ether oxygens (including phenoxy) is 2. The maximum atomic E-state index is 11.9. The lowest BCUT2D eigenvalue weighted by Crippen LogP contribution is -2.39. The van der Waals surface area contributed by atoms with E-state index >= 15 is 0 Å². The van der Waals surface area contributed by atoms with E-state index in [1.165, 1.54) is 7.11 Å². The number of nitrogens with one attached hydrogen (secondary N) is 1. The lowest BCUT2D eigenvalue weighted by Gasteiger charge is -2.18. The number of hydrogen-bond donors (Lipinski definition) is 2. The van der Waals surface area contributed by atoms with Crippen molar-refractivity contribution in [1.29, 1.82) is 0 Å². The number of carboxylic acid groups (broad SMARTS) is 1. The van der Waals surface area contributed by atoms with E-state index < -0.39 is 12.1 Å². The maximum absolute atomic E-state index is 11.9. The monoisotopic (exact) mass is 277 g/mol. The third-order valence-electron chi connectivity index (χ3n) is 2.93. The van der Waals surface area contributed by atoms with Gasteiger partial charge in [-0.05, 0) is 12.1 Å². The van der Waals surface area contributed by atoms with Gasteiger partial charge in [0.15, 0.2) is 6.10 Å². The number of fused-ring (bicyclic) bond motifs is 1. The molecule has 0 radical (unpaired) electrons. The van der Waals surface area contributed by atoms with Crippen LogP contribution < -0.4 is 10.1 Å². The van der Waals surface area contributed by atoms with Gasteiger partial charge in [0, 0.05) is 12.7 Å². The van der Waals surface area contributed by atoms with Gasteiger partial charge in [-0.25, -0.2) is 4.79 Å². The second kappa shape index (κ2) is 6.21. The highest BCUT2D eigenvalue weighted by Crippen LogP contribution is 2.25. The van der Waals surface area contributed by atoms with Gasteiger partial charge in [-0.1, -0.05) is 18.2 Å². The molecule has 2 rings (SSSR count). The molecule has 0 saturated heterocycles. The Morgan fingerprint density at radius 1 is 1.45 bits per heavy atom. The first kappa shape index (κ1) is 14.1. The van der Waals surface area contributed by atoms with E-state index in [9.17, 15) is 9.59 Å². The normalized spacial score (nSPS) is 14.6. The fourth-order valence-electron chi connectivity index (χ4n) is 1.82. The molecule has 0 aliphatic carbocycles. The van der Waals surface area contributed by atoms with Crippen LogP contribution in [0.1, 0.15) is 5.56 Å². The molecule has 106 valence electrons. The predicted octanol–water partition coefficient (Wildman–Crippen LogP) is 0.678. The zero-order chi connectivity index (χ0) is 14.5. The van der Waals surface area contributed by atoms with Gasteiger partial charge < -0.3 is 19.9 Å². The molecule has 20 heavy (non-hydrogen) atoms. The molecular weight excluding hydrogens is 262 g/mol. The van der Waals surface area contributed by atoms with Gasteiger partial charge in [0.1, 0.15) is 12.4 Å². The minimum atomic E-state index is -1.12. The fourth-order valence-corrected chi connectivity index (χ4v) is 1.82. The Morgan fingerprint density at radius 3 is 2.90 bits per heavy atom. The molecule has 1 aromatic carbocycles. The summed E-state index contributed by atoms with van der Waals surface area (Å²) in [7, 11) is 1.28. The number of carbonyl (C=O) groups excluding carboxylic acids is 1. The summed E-state index contributed by atoms with van der Waals surface area (Å²) in [4.78, 5) is 22.7. The van der Waals surface area contributed by atoms with Crippen molar-refractivity contribution in [1.82, 2.24) is 5.32 Å². The molecule has 1 aromatic rings. The quantitative estimate of drug-likeness (QED) is 0.826. The number of amides is 1. The molecule has 0 bridgehead atoms. The Balaban J connectivity index is 2.01. The lowest BCUT2D eigenvalue weighted by atomic mass is 10.1. The second-order valence-corrected chi connectivity index (χ2v) is 4.27. The molecule has 0 aromatic heterocycles. The van der Waals surface area contributed by atoms with Gasteiger partial charge >= 0.3 is 5.97 Å². The third kappa shape index (κ3) is 3.16. The predicted molar refractivity (Wildman–Crippen MR) is 71.4 cm³/mol. The lowest BCUT2D eigenvalue weighted by molar-refractivity contribution is -0.148. The molecule has 6 heteroatoms. The molecule has 1 aliphatic rings. The Morgan fingerprint density at radius 2 is 2.20 bits per heavy atom. The van der Waals surface area contributed by atoms with Gasteiger partial charge in [0.05, 0.1) is 12.1 Å². The largest absolute Gasteiger partial charge is 0.488 e. The van der Waals surface area contributed by atoms with Gasteiger partial charge in [-0.3, -0.25) is 4.79 Å². The summed E-state index contributed by atoms with van der Waals surface area (Å²) in [6.45, 7) is 0.0667. The number of benzene rings is 1. The van der Waals surface area contributed by atoms with Gasteiger partial charge in [0.2, 0.25) is 0 Å². The Labute approximate surface area is 116 Å². The van der Waals surface area contributed by atoms with Crippen molar-refractivity contribution in [2.24, 2.45) is 0 Å².